The predicted octanol–water partition coefficient (Wildman–Crippen LogP) is 6.57. The van der Waals surface area contributed by atoms with Gasteiger partial charge < -0.3 is 15.5 Å². The van der Waals surface area contributed by atoms with Crippen LogP contribution >= 0.6 is 0 Å². The van der Waals surface area contributed by atoms with Gasteiger partial charge in [-0.2, -0.15) is 0 Å². The maximum Gasteiger partial charge on any atom is 0.319 e. The van der Waals surface area contributed by atoms with Crippen LogP contribution < -0.4 is 15.5 Å². The fourth-order valence-corrected chi connectivity index (χ4v) is 4.29. The summed E-state index contributed by atoms with van der Waals surface area (Å²) in [6.45, 7) is 10.3. The van der Waals surface area contributed by atoms with E-state index in [1.54, 1.807) is 0 Å². The third-order valence-corrected chi connectivity index (χ3v) is 6.21. The maximum atomic E-state index is 12.9. The molecule has 2 amide bonds. The molecule has 1 heterocycles. The summed E-state index contributed by atoms with van der Waals surface area (Å²) in [5, 5.41) is 6.30. The van der Waals surface area contributed by atoms with Crippen molar-refractivity contribution >= 4 is 17.4 Å². The van der Waals surface area contributed by atoms with E-state index in [0.29, 0.717) is 0 Å². The van der Waals surface area contributed by atoms with Gasteiger partial charge in [-0.05, 0) is 53.1 Å². The molecular formula is C28H33N3O. The third kappa shape index (κ3) is 4.96. The Bertz CT molecular complexity index is 1090. The second kappa shape index (κ2) is 9.07. The molecule has 0 aliphatic carbocycles. The highest BCUT2D eigenvalue weighted by molar-refractivity contribution is 5.90. The van der Waals surface area contributed by atoms with Gasteiger partial charge in [0.25, 0.3) is 0 Å². The lowest BCUT2D eigenvalue weighted by atomic mass is 9.86. The first-order valence-electron chi connectivity index (χ1n) is 11.4. The molecule has 0 saturated carbocycles. The normalized spacial score (nSPS) is 15.8. The standard InChI is InChI=1S/C28H33N3O/c1-20-14-15-22(28(2,3)4)18-25(20)30-27(32)29-24-16-17-31(19-21-10-6-5-7-11-21)26-13-9-8-12-23(24)26/h5-15,18,24H,16-17,19H2,1-4H3,(H2,29,30,32). The van der Waals surface area contributed by atoms with E-state index in [9.17, 15) is 4.79 Å². The lowest BCUT2D eigenvalue weighted by Gasteiger charge is -2.36. The zero-order chi connectivity index (χ0) is 22.7. The first-order valence-corrected chi connectivity index (χ1v) is 11.4. The number of carbonyl (C=O) groups excluding carboxylic acids is 1. The summed E-state index contributed by atoms with van der Waals surface area (Å²) in [6.07, 6.45) is 0.873. The van der Waals surface area contributed by atoms with Gasteiger partial charge in [0.2, 0.25) is 0 Å². The van der Waals surface area contributed by atoms with Gasteiger partial charge in [0.15, 0.2) is 0 Å². The number of fused-ring (bicyclic) bond motifs is 1. The lowest BCUT2D eigenvalue weighted by molar-refractivity contribution is 0.247. The molecule has 3 aromatic carbocycles. The van der Waals surface area contributed by atoms with E-state index in [1.165, 1.54) is 22.4 Å². The molecule has 2 N–H and O–H groups in total. The van der Waals surface area contributed by atoms with Gasteiger partial charge in [-0.15, -0.1) is 0 Å². The molecule has 0 radical (unpaired) electrons. The summed E-state index contributed by atoms with van der Waals surface area (Å²) >= 11 is 0. The van der Waals surface area contributed by atoms with Crippen LogP contribution in [-0.4, -0.2) is 12.6 Å². The number of benzene rings is 3. The molecule has 1 atom stereocenters. The minimum atomic E-state index is -0.157. The Kier molecular flexibility index (Phi) is 6.22. The van der Waals surface area contributed by atoms with Gasteiger partial charge in [-0.25, -0.2) is 4.79 Å². The Morgan fingerprint density at radius 3 is 2.47 bits per heavy atom. The van der Waals surface area contributed by atoms with Gasteiger partial charge in [-0.3, -0.25) is 0 Å². The number of hydrogen-bond donors (Lipinski definition) is 2. The van der Waals surface area contributed by atoms with E-state index in [-0.39, 0.29) is 17.5 Å². The van der Waals surface area contributed by atoms with Crippen molar-refractivity contribution in [3.05, 3.63) is 95.1 Å². The SMILES string of the molecule is Cc1ccc(C(C)(C)C)cc1NC(=O)NC1CCN(Cc2ccccc2)c2ccccc21. The number of amides is 2. The number of anilines is 2. The molecule has 1 aliphatic heterocycles. The summed E-state index contributed by atoms with van der Waals surface area (Å²) in [6, 6.07) is 25.1. The number of urea groups is 1. The van der Waals surface area contributed by atoms with Crippen LogP contribution in [0.5, 0.6) is 0 Å². The Labute approximate surface area is 191 Å². The summed E-state index contributed by atoms with van der Waals surface area (Å²) in [5.74, 6) is 0. The fraction of sp³-hybridized carbons (Fsp3) is 0.321. The fourth-order valence-electron chi connectivity index (χ4n) is 4.29. The maximum absolute atomic E-state index is 12.9. The number of para-hydroxylation sites is 1. The number of carbonyl (C=O) groups is 1. The Morgan fingerprint density at radius 2 is 1.72 bits per heavy atom. The largest absolute Gasteiger partial charge is 0.367 e. The number of rotatable bonds is 4. The van der Waals surface area contributed by atoms with E-state index in [1.807, 2.05) is 19.1 Å². The number of nitrogens with one attached hydrogen (secondary N) is 2. The number of nitrogens with zero attached hydrogens (tertiary/aromatic N) is 1. The highest BCUT2D eigenvalue weighted by Gasteiger charge is 2.26. The molecule has 0 bridgehead atoms. The molecule has 4 rings (SSSR count). The van der Waals surface area contributed by atoms with E-state index in [4.69, 9.17) is 0 Å². The zero-order valence-electron chi connectivity index (χ0n) is 19.5. The van der Waals surface area contributed by atoms with Crippen molar-refractivity contribution < 1.29 is 4.79 Å². The van der Waals surface area contributed by atoms with Crippen LogP contribution in [0.3, 0.4) is 0 Å². The van der Waals surface area contributed by atoms with Crippen molar-refractivity contribution in [1.29, 1.82) is 0 Å². The zero-order valence-corrected chi connectivity index (χ0v) is 19.5. The number of aryl methyl sites for hydroxylation is 1. The van der Waals surface area contributed by atoms with Crippen molar-refractivity contribution in [2.45, 2.75) is 52.1 Å². The monoisotopic (exact) mass is 427 g/mol. The van der Waals surface area contributed by atoms with Crippen molar-refractivity contribution in [3.8, 4) is 0 Å². The molecule has 4 nitrogen and oxygen atoms in total. The molecule has 0 spiro atoms. The molecule has 4 heteroatoms. The first kappa shape index (κ1) is 21.9. The lowest BCUT2D eigenvalue weighted by Crippen LogP contribution is -2.39. The molecule has 166 valence electrons. The van der Waals surface area contributed by atoms with Gasteiger partial charge >= 0.3 is 6.03 Å². The van der Waals surface area contributed by atoms with Gasteiger partial charge in [0.1, 0.15) is 0 Å². The Balaban J connectivity index is 1.49. The van der Waals surface area contributed by atoms with E-state index in [0.717, 1.165) is 30.8 Å². The highest BCUT2D eigenvalue weighted by Crippen LogP contribution is 2.35. The summed E-state index contributed by atoms with van der Waals surface area (Å²) in [7, 11) is 0. The smallest absolute Gasteiger partial charge is 0.319 e. The molecule has 0 saturated heterocycles. The van der Waals surface area contributed by atoms with Gasteiger partial charge in [0.05, 0.1) is 6.04 Å². The van der Waals surface area contributed by atoms with Gasteiger partial charge in [0, 0.05) is 24.5 Å². The average molecular weight is 428 g/mol. The average Bonchev–Trinajstić information content (AvgIpc) is 2.77. The van der Waals surface area contributed by atoms with Gasteiger partial charge in [-0.1, -0.05) is 81.4 Å². The second-order valence-corrected chi connectivity index (χ2v) is 9.69. The Morgan fingerprint density at radius 1 is 1.00 bits per heavy atom. The molecule has 3 aromatic rings. The first-order chi connectivity index (χ1) is 15.3. The van der Waals surface area contributed by atoms with Crippen molar-refractivity contribution in [1.82, 2.24) is 5.32 Å². The summed E-state index contributed by atoms with van der Waals surface area (Å²) in [4.78, 5) is 15.3. The number of hydrogen-bond acceptors (Lipinski definition) is 2. The predicted molar refractivity (Wildman–Crippen MR) is 133 cm³/mol. The van der Waals surface area contributed by atoms with Crippen LogP contribution in [0.25, 0.3) is 0 Å². The van der Waals surface area contributed by atoms with Crippen LogP contribution in [-0.2, 0) is 12.0 Å². The molecule has 1 aliphatic rings. The molecule has 0 fully saturated rings. The molecule has 0 aromatic heterocycles. The van der Waals surface area contributed by atoms with Crippen LogP contribution in [0.2, 0.25) is 0 Å². The summed E-state index contributed by atoms with van der Waals surface area (Å²) < 4.78 is 0. The van der Waals surface area contributed by atoms with Crippen LogP contribution in [0.1, 0.15) is 55.5 Å². The van der Waals surface area contributed by atoms with Crippen molar-refractivity contribution in [3.63, 3.8) is 0 Å². The van der Waals surface area contributed by atoms with Crippen molar-refractivity contribution in [2.24, 2.45) is 0 Å². The van der Waals surface area contributed by atoms with Crippen LogP contribution in [0.15, 0.2) is 72.8 Å². The van der Waals surface area contributed by atoms with E-state index >= 15 is 0 Å². The summed E-state index contributed by atoms with van der Waals surface area (Å²) in [5.41, 5.74) is 6.82. The van der Waals surface area contributed by atoms with Crippen LogP contribution in [0, 0.1) is 6.92 Å². The topological polar surface area (TPSA) is 44.4 Å². The van der Waals surface area contributed by atoms with Crippen molar-refractivity contribution in [2.75, 3.05) is 16.8 Å². The molecule has 32 heavy (non-hydrogen) atoms. The third-order valence-electron chi connectivity index (χ3n) is 6.21. The minimum absolute atomic E-state index is 0.00988. The second-order valence-electron chi connectivity index (χ2n) is 9.69. The van der Waals surface area contributed by atoms with Crippen LogP contribution in [0.4, 0.5) is 16.2 Å². The Hall–Kier alpha value is -3.27. The van der Waals surface area contributed by atoms with E-state index in [2.05, 4.69) is 97.0 Å². The van der Waals surface area contributed by atoms with E-state index < -0.39 is 0 Å². The quantitative estimate of drug-likeness (QED) is 0.495. The molecule has 1 unspecified atom stereocenters. The minimum Gasteiger partial charge on any atom is -0.367 e. The molecular weight excluding hydrogens is 394 g/mol. The highest BCUT2D eigenvalue weighted by atomic mass is 16.2.